The number of piperidine rings is 1. The number of carbonyl (C=O) groups excluding carboxylic acids is 1. The van der Waals surface area contributed by atoms with Crippen molar-refractivity contribution in [3.8, 4) is 11.8 Å². The number of hydrogen-bond acceptors (Lipinski definition) is 6. The predicted octanol–water partition coefficient (Wildman–Crippen LogP) is 3.10. The summed E-state index contributed by atoms with van der Waals surface area (Å²) >= 11 is 0. The van der Waals surface area contributed by atoms with E-state index in [2.05, 4.69) is 28.4 Å². The summed E-state index contributed by atoms with van der Waals surface area (Å²) in [5.41, 5.74) is 7.69. The number of ether oxygens (including phenoxy) is 1. The lowest BCUT2D eigenvalue weighted by Gasteiger charge is -2.32. The van der Waals surface area contributed by atoms with Crippen molar-refractivity contribution in [2.24, 2.45) is 0 Å². The van der Waals surface area contributed by atoms with E-state index in [1.54, 1.807) is 4.90 Å². The number of benzene rings is 1. The zero-order chi connectivity index (χ0) is 23.4. The quantitative estimate of drug-likeness (QED) is 0.480. The molecule has 1 amide bonds. The second kappa shape index (κ2) is 9.43. The van der Waals surface area contributed by atoms with Gasteiger partial charge in [0.15, 0.2) is 5.65 Å². The van der Waals surface area contributed by atoms with Crippen LogP contribution in [0.5, 0.6) is 0 Å². The molecule has 1 atom stereocenters. The first-order valence-corrected chi connectivity index (χ1v) is 11.0. The van der Waals surface area contributed by atoms with Crippen molar-refractivity contribution in [1.82, 2.24) is 24.6 Å². The maximum atomic E-state index is 12.1. The molecule has 3 aromatic rings. The van der Waals surface area contributed by atoms with Crippen LogP contribution in [0.1, 0.15) is 44.0 Å². The molecule has 170 valence electrons. The number of nitrogens with two attached hydrogens (primary N) is 1. The van der Waals surface area contributed by atoms with E-state index in [0.717, 1.165) is 18.4 Å². The first-order valence-electron chi connectivity index (χ1n) is 11.0. The first kappa shape index (κ1) is 22.5. The number of rotatable bonds is 5. The van der Waals surface area contributed by atoms with E-state index in [0.29, 0.717) is 42.2 Å². The van der Waals surface area contributed by atoms with Crippen molar-refractivity contribution in [3.63, 3.8) is 0 Å². The van der Waals surface area contributed by atoms with Gasteiger partial charge in [0.2, 0.25) is 5.91 Å². The van der Waals surface area contributed by atoms with Crippen LogP contribution in [0.4, 0.5) is 5.82 Å². The highest BCUT2D eigenvalue weighted by molar-refractivity contribution is 5.90. The number of anilines is 1. The molecule has 1 aliphatic rings. The van der Waals surface area contributed by atoms with Crippen molar-refractivity contribution < 1.29 is 9.53 Å². The van der Waals surface area contributed by atoms with E-state index < -0.39 is 5.60 Å². The molecule has 1 saturated heterocycles. The average molecular weight is 445 g/mol. The summed E-state index contributed by atoms with van der Waals surface area (Å²) in [6.07, 6.45) is 4.52. The summed E-state index contributed by atoms with van der Waals surface area (Å²) in [7, 11) is 0. The molecule has 1 fully saturated rings. The Morgan fingerprint density at radius 1 is 1.33 bits per heavy atom. The summed E-state index contributed by atoms with van der Waals surface area (Å²) < 4.78 is 7.86. The molecule has 4 rings (SSSR count). The lowest BCUT2D eigenvalue weighted by atomic mass is 10.1. The van der Waals surface area contributed by atoms with E-state index in [-0.39, 0.29) is 11.9 Å². The molecule has 33 heavy (non-hydrogen) atoms. The number of carbonyl (C=O) groups is 1. The number of likely N-dealkylation sites (tertiary alicyclic amines) is 1. The topological polar surface area (TPSA) is 99.2 Å². The number of fused-ring (bicyclic) bond motifs is 1. The molecular weight excluding hydrogens is 416 g/mol. The van der Waals surface area contributed by atoms with Gasteiger partial charge in [-0.2, -0.15) is 5.10 Å². The summed E-state index contributed by atoms with van der Waals surface area (Å²) in [4.78, 5) is 22.5. The monoisotopic (exact) mass is 444 g/mol. The van der Waals surface area contributed by atoms with Gasteiger partial charge in [-0.25, -0.2) is 14.6 Å². The van der Waals surface area contributed by atoms with E-state index in [1.165, 1.54) is 12.4 Å². The molecule has 0 aliphatic carbocycles. The number of nitrogens with zero attached hydrogens (tertiary/aromatic N) is 5. The smallest absolute Gasteiger partial charge is 0.246 e. The maximum absolute atomic E-state index is 12.1. The minimum atomic E-state index is -0.700. The Bertz CT molecular complexity index is 1220. The van der Waals surface area contributed by atoms with Crippen molar-refractivity contribution >= 4 is 22.8 Å². The molecule has 2 aromatic heterocycles. The molecular formula is C25H28N6O2. The molecule has 8 heteroatoms. The molecule has 0 saturated carbocycles. The van der Waals surface area contributed by atoms with Gasteiger partial charge in [-0.3, -0.25) is 4.79 Å². The van der Waals surface area contributed by atoms with E-state index in [9.17, 15) is 4.79 Å². The molecule has 0 radical (unpaired) electrons. The van der Waals surface area contributed by atoms with Crippen LogP contribution in [-0.4, -0.2) is 49.2 Å². The number of nitrogen functional groups attached to an aromatic ring is 1. The SMILES string of the molecule is C=CC(=O)N1CCC[C@@H](n2nc(C#CC(C)(C)OCc3ccccc3)c3c(N)ncnc32)C1. The fourth-order valence-electron chi connectivity index (χ4n) is 3.90. The van der Waals surface area contributed by atoms with Gasteiger partial charge < -0.3 is 15.4 Å². The second-order valence-electron chi connectivity index (χ2n) is 8.57. The lowest BCUT2D eigenvalue weighted by Crippen LogP contribution is -2.40. The highest BCUT2D eigenvalue weighted by Crippen LogP contribution is 2.28. The third kappa shape index (κ3) is 5.04. The van der Waals surface area contributed by atoms with E-state index >= 15 is 0 Å². The number of amides is 1. The molecule has 0 bridgehead atoms. The van der Waals surface area contributed by atoms with Crippen LogP contribution in [0.25, 0.3) is 11.0 Å². The third-order valence-electron chi connectivity index (χ3n) is 5.67. The Balaban J connectivity index is 1.63. The Kier molecular flexibility index (Phi) is 6.43. The highest BCUT2D eigenvalue weighted by Gasteiger charge is 2.27. The summed E-state index contributed by atoms with van der Waals surface area (Å²) in [5, 5.41) is 5.38. The number of hydrogen-bond donors (Lipinski definition) is 1. The summed E-state index contributed by atoms with van der Waals surface area (Å²) in [5.74, 6) is 6.57. The van der Waals surface area contributed by atoms with Crippen molar-refractivity contribution in [3.05, 3.63) is 60.6 Å². The average Bonchev–Trinajstić information content (AvgIpc) is 3.22. The molecule has 8 nitrogen and oxygen atoms in total. The van der Waals surface area contributed by atoms with Gasteiger partial charge in [0.05, 0.1) is 18.0 Å². The van der Waals surface area contributed by atoms with Crippen molar-refractivity contribution in [1.29, 1.82) is 0 Å². The largest absolute Gasteiger partial charge is 0.383 e. The van der Waals surface area contributed by atoms with Gasteiger partial charge in [0.1, 0.15) is 23.4 Å². The fourth-order valence-corrected chi connectivity index (χ4v) is 3.90. The summed E-state index contributed by atoms with van der Waals surface area (Å²) in [6.45, 7) is 9.13. The van der Waals surface area contributed by atoms with Crippen LogP contribution < -0.4 is 5.73 Å². The van der Waals surface area contributed by atoms with Crippen LogP contribution >= 0.6 is 0 Å². The summed E-state index contributed by atoms with van der Waals surface area (Å²) in [6, 6.07) is 9.93. The van der Waals surface area contributed by atoms with Gasteiger partial charge >= 0.3 is 0 Å². The van der Waals surface area contributed by atoms with Gasteiger partial charge in [-0.15, -0.1) is 0 Å². The second-order valence-corrected chi connectivity index (χ2v) is 8.57. The normalized spacial score (nSPS) is 16.3. The zero-order valence-electron chi connectivity index (χ0n) is 19.0. The van der Waals surface area contributed by atoms with Gasteiger partial charge in [0.25, 0.3) is 0 Å². The third-order valence-corrected chi connectivity index (χ3v) is 5.67. The van der Waals surface area contributed by atoms with Crippen LogP contribution in [0.15, 0.2) is 49.3 Å². The van der Waals surface area contributed by atoms with Crippen molar-refractivity contribution in [2.45, 2.75) is 44.9 Å². The predicted molar refractivity (Wildman–Crippen MR) is 127 cm³/mol. The molecule has 1 aliphatic heterocycles. The minimum absolute atomic E-state index is 0.0302. The first-order chi connectivity index (χ1) is 15.9. The highest BCUT2D eigenvalue weighted by atomic mass is 16.5. The zero-order valence-corrected chi connectivity index (χ0v) is 19.0. The standard InChI is InChI=1S/C25H28N6O2/c1-4-21(32)30-14-8-11-19(15-30)31-24-22(23(26)27-17-28-24)20(29-31)12-13-25(2,3)33-16-18-9-6-5-7-10-18/h4-7,9-10,17,19H,1,8,11,14-16H2,2-3H3,(H2,26,27,28)/t19-/m1/s1. The van der Waals surface area contributed by atoms with E-state index in [1.807, 2.05) is 48.9 Å². The van der Waals surface area contributed by atoms with Crippen LogP contribution in [0.3, 0.4) is 0 Å². The Hall–Kier alpha value is -3.70. The van der Waals surface area contributed by atoms with Gasteiger partial charge in [-0.1, -0.05) is 42.8 Å². The molecule has 2 N–H and O–H groups in total. The fraction of sp³-hybridized carbons (Fsp3) is 0.360. The van der Waals surface area contributed by atoms with Crippen LogP contribution in [0, 0.1) is 11.8 Å². The van der Waals surface area contributed by atoms with E-state index in [4.69, 9.17) is 15.6 Å². The van der Waals surface area contributed by atoms with Crippen LogP contribution in [-0.2, 0) is 16.1 Å². The lowest BCUT2D eigenvalue weighted by molar-refractivity contribution is -0.127. The molecule has 3 heterocycles. The molecule has 1 aromatic carbocycles. The maximum Gasteiger partial charge on any atom is 0.246 e. The van der Waals surface area contributed by atoms with Gasteiger partial charge in [0, 0.05) is 13.1 Å². The number of aromatic nitrogens is 4. The molecule has 0 spiro atoms. The van der Waals surface area contributed by atoms with Crippen molar-refractivity contribution in [2.75, 3.05) is 18.8 Å². The van der Waals surface area contributed by atoms with Gasteiger partial charge in [-0.05, 0) is 44.2 Å². The minimum Gasteiger partial charge on any atom is -0.383 e. The van der Waals surface area contributed by atoms with Crippen LogP contribution in [0.2, 0.25) is 0 Å². The molecule has 0 unspecified atom stereocenters. The Morgan fingerprint density at radius 2 is 2.12 bits per heavy atom. The Labute approximate surface area is 193 Å². The Morgan fingerprint density at radius 3 is 2.88 bits per heavy atom.